The SMILES string of the molecule is CCNCc1cc(F)cc(Oc2cc(F)ccc2C)c1. The van der Waals surface area contributed by atoms with Gasteiger partial charge in [-0.1, -0.05) is 13.0 Å². The Labute approximate surface area is 117 Å². The van der Waals surface area contributed by atoms with Crippen LogP contribution in [0.3, 0.4) is 0 Å². The van der Waals surface area contributed by atoms with Crippen LogP contribution in [0.15, 0.2) is 36.4 Å². The molecule has 0 aliphatic heterocycles. The molecule has 0 unspecified atom stereocenters. The molecule has 0 amide bonds. The topological polar surface area (TPSA) is 21.3 Å². The van der Waals surface area contributed by atoms with E-state index in [-0.39, 0.29) is 11.6 Å². The summed E-state index contributed by atoms with van der Waals surface area (Å²) in [6, 6.07) is 8.78. The fourth-order valence-electron chi connectivity index (χ4n) is 1.86. The minimum atomic E-state index is -0.380. The van der Waals surface area contributed by atoms with Gasteiger partial charge in [0.1, 0.15) is 23.1 Å². The van der Waals surface area contributed by atoms with Crippen LogP contribution in [-0.2, 0) is 6.54 Å². The minimum Gasteiger partial charge on any atom is -0.457 e. The second kappa shape index (κ2) is 6.48. The Morgan fingerprint density at radius 3 is 2.60 bits per heavy atom. The summed E-state index contributed by atoms with van der Waals surface area (Å²) in [5.41, 5.74) is 1.58. The van der Waals surface area contributed by atoms with Gasteiger partial charge in [0, 0.05) is 18.7 Å². The van der Waals surface area contributed by atoms with Crippen LogP contribution in [0.4, 0.5) is 8.78 Å². The highest BCUT2D eigenvalue weighted by atomic mass is 19.1. The Bertz CT molecular complexity index is 599. The van der Waals surface area contributed by atoms with Crippen molar-refractivity contribution >= 4 is 0 Å². The summed E-state index contributed by atoms with van der Waals surface area (Å²) in [5.74, 6) is 0.0101. The molecule has 0 aliphatic rings. The van der Waals surface area contributed by atoms with Crippen LogP contribution in [0.1, 0.15) is 18.1 Å². The first-order valence-corrected chi connectivity index (χ1v) is 6.52. The number of rotatable bonds is 5. The Hall–Kier alpha value is -1.94. The third-order valence-electron chi connectivity index (χ3n) is 2.89. The van der Waals surface area contributed by atoms with E-state index >= 15 is 0 Å². The van der Waals surface area contributed by atoms with Crippen molar-refractivity contribution in [2.24, 2.45) is 0 Å². The number of hydrogen-bond acceptors (Lipinski definition) is 2. The van der Waals surface area contributed by atoms with Gasteiger partial charge < -0.3 is 10.1 Å². The van der Waals surface area contributed by atoms with E-state index in [2.05, 4.69) is 5.32 Å². The van der Waals surface area contributed by atoms with Crippen LogP contribution in [-0.4, -0.2) is 6.54 Å². The third kappa shape index (κ3) is 3.78. The van der Waals surface area contributed by atoms with Crippen LogP contribution in [0.25, 0.3) is 0 Å². The van der Waals surface area contributed by atoms with E-state index in [0.717, 1.165) is 17.7 Å². The highest BCUT2D eigenvalue weighted by Gasteiger charge is 2.06. The molecule has 0 saturated carbocycles. The van der Waals surface area contributed by atoms with E-state index < -0.39 is 0 Å². The number of benzene rings is 2. The third-order valence-corrected chi connectivity index (χ3v) is 2.89. The number of hydrogen-bond donors (Lipinski definition) is 1. The van der Waals surface area contributed by atoms with E-state index in [4.69, 9.17) is 4.74 Å². The van der Waals surface area contributed by atoms with E-state index in [0.29, 0.717) is 18.0 Å². The van der Waals surface area contributed by atoms with Crippen molar-refractivity contribution in [3.63, 3.8) is 0 Å². The number of halogens is 2. The second-order valence-electron chi connectivity index (χ2n) is 4.59. The average Bonchev–Trinajstić information content (AvgIpc) is 2.40. The van der Waals surface area contributed by atoms with Crippen molar-refractivity contribution in [1.82, 2.24) is 5.32 Å². The van der Waals surface area contributed by atoms with Gasteiger partial charge in [-0.05, 0) is 42.8 Å². The largest absolute Gasteiger partial charge is 0.457 e. The van der Waals surface area contributed by atoms with Gasteiger partial charge >= 0.3 is 0 Å². The summed E-state index contributed by atoms with van der Waals surface area (Å²) >= 11 is 0. The highest BCUT2D eigenvalue weighted by molar-refractivity contribution is 5.39. The Kier molecular flexibility index (Phi) is 4.69. The zero-order valence-corrected chi connectivity index (χ0v) is 11.5. The second-order valence-corrected chi connectivity index (χ2v) is 4.59. The van der Waals surface area contributed by atoms with Crippen molar-refractivity contribution < 1.29 is 13.5 Å². The van der Waals surface area contributed by atoms with Crippen molar-refractivity contribution in [3.8, 4) is 11.5 Å². The number of ether oxygens (including phenoxy) is 1. The first-order valence-electron chi connectivity index (χ1n) is 6.52. The first kappa shape index (κ1) is 14.5. The smallest absolute Gasteiger partial charge is 0.133 e. The summed E-state index contributed by atoms with van der Waals surface area (Å²) in [7, 11) is 0. The number of aryl methyl sites for hydroxylation is 1. The van der Waals surface area contributed by atoms with Crippen molar-refractivity contribution in [2.75, 3.05) is 6.54 Å². The lowest BCUT2D eigenvalue weighted by molar-refractivity contribution is 0.466. The van der Waals surface area contributed by atoms with Crippen LogP contribution in [0.2, 0.25) is 0 Å². The molecule has 106 valence electrons. The molecule has 2 aromatic rings. The van der Waals surface area contributed by atoms with E-state index in [1.54, 1.807) is 12.1 Å². The molecule has 0 spiro atoms. The molecular weight excluding hydrogens is 260 g/mol. The van der Waals surface area contributed by atoms with E-state index in [1.807, 2.05) is 13.8 Å². The maximum atomic E-state index is 13.6. The molecule has 1 N–H and O–H groups in total. The predicted molar refractivity (Wildman–Crippen MR) is 75.0 cm³/mol. The van der Waals surface area contributed by atoms with Gasteiger partial charge in [-0.15, -0.1) is 0 Å². The molecule has 0 heterocycles. The van der Waals surface area contributed by atoms with Gasteiger partial charge in [-0.3, -0.25) is 0 Å². The molecule has 2 rings (SSSR count). The fraction of sp³-hybridized carbons (Fsp3) is 0.250. The Balaban J connectivity index is 2.24. The summed E-state index contributed by atoms with van der Waals surface area (Å²) < 4.78 is 32.4. The molecule has 0 radical (unpaired) electrons. The molecule has 20 heavy (non-hydrogen) atoms. The fourth-order valence-corrected chi connectivity index (χ4v) is 1.86. The summed E-state index contributed by atoms with van der Waals surface area (Å²) in [6.45, 7) is 5.16. The summed E-state index contributed by atoms with van der Waals surface area (Å²) in [5, 5.41) is 3.12. The molecule has 0 atom stereocenters. The zero-order valence-electron chi connectivity index (χ0n) is 11.5. The lowest BCUT2D eigenvalue weighted by Gasteiger charge is -2.11. The zero-order chi connectivity index (χ0) is 14.5. The Morgan fingerprint density at radius 2 is 1.85 bits per heavy atom. The van der Waals surface area contributed by atoms with Gasteiger partial charge in [0.05, 0.1) is 0 Å². The van der Waals surface area contributed by atoms with E-state index in [1.165, 1.54) is 24.3 Å². The van der Waals surface area contributed by atoms with Gasteiger partial charge in [0.25, 0.3) is 0 Å². The first-order chi connectivity index (χ1) is 9.58. The van der Waals surface area contributed by atoms with Gasteiger partial charge in [-0.25, -0.2) is 8.78 Å². The highest BCUT2D eigenvalue weighted by Crippen LogP contribution is 2.27. The molecule has 0 bridgehead atoms. The normalized spacial score (nSPS) is 10.6. The number of nitrogens with one attached hydrogen (secondary N) is 1. The standard InChI is InChI=1S/C16H17F2NO/c1-3-19-10-12-6-14(18)8-15(7-12)20-16-9-13(17)5-4-11(16)2/h4-9,19H,3,10H2,1-2H3. The van der Waals surface area contributed by atoms with Crippen LogP contribution in [0.5, 0.6) is 11.5 Å². The van der Waals surface area contributed by atoms with Crippen LogP contribution in [0, 0.1) is 18.6 Å². The quantitative estimate of drug-likeness (QED) is 0.885. The van der Waals surface area contributed by atoms with Gasteiger partial charge in [0.2, 0.25) is 0 Å². The lowest BCUT2D eigenvalue weighted by Crippen LogP contribution is -2.11. The van der Waals surface area contributed by atoms with Crippen molar-refractivity contribution in [3.05, 3.63) is 59.2 Å². The monoisotopic (exact) mass is 277 g/mol. The molecule has 2 aromatic carbocycles. The molecule has 0 aromatic heterocycles. The molecule has 0 fully saturated rings. The molecule has 0 aliphatic carbocycles. The Morgan fingerprint density at radius 1 is 1.05 bits per heavy atom. The van der Waals surface area contributed by atoms with Crippen molar-refractivity contribution in [2.45, 2.75) is 20.4 Å². The van der Waals surface area contributed by atoms with Crippen molar-refractivity contribution in [1.29, 1.82) is 0 Å². The van der Waals surface area contributed by atoms with Gasteiger partial charge in [-0.2, -0.15) is 0 Å². The minimum absolute atomic E-state index is 0.367. The molecule has 2 nitrogen and oxygen atoms in total. The summed E-state index contributed by atoms with van der Waals surface area (Å²) in [6.07, 6.45) is 0. The lowest BCUT2D eigenvalue weighted by atomic mass is 10.2. The van der Waals surface area contributed by atoms with Crippen LogP contribution >= 0.6 is 0 Å². The average molecular weight is 277 g/mol. The van der Waals surface area contributed by atoms with Crippen LogP contribution < -0.4 is 10.1 Å². The maximum Gasteiger partial charge on any atom is 0.133 e. The molecule has 0 saturated heterocycles. The predicted octanol–water partition coefficient (Wildman–Crippen LogP) is 4.18. The maximum absolute atomic E-state index is 13.6. The van der Waals surface area contributed by atoms with E-state index in [9.17, 15) is 8.78 Å². The van der Waals surface area contributed by atoms with Gasteiger partial charge in [0.15, 0.2) is 0 Å². The molecule has 4 heteroatoms. The summed E-state index contributed by atoms with van der Waals surface area (Å²) in [4.78, 5) is 0. The molecular formula is C16H17F2NO.